The lowest BCUT2D eigenvalue weighted by molar-refractivity contribution is 0.124. The van der Waals surface area contributed by atoms with Crippen LogP contribution in [0.2, 0.25) is 0 Å². The Morgan fingerprint density at radius 1 is 1.41 bits per heavy atom. The zero-order valence-corrected chi connectivity index (χ0v) is 13.1. The number of aromatic amines is 2. The van der Waals surface area contributed by atoms with Gasteiger partial charge < -0.3 is 15.1 Å². The summed E-state index contributed by atoms with van der Waals surface area (Å²) >= 11 is 3.42. The van der Waals surface area contributed by atoms with E-state index in [1.807, 2.05) is 0 Å². The molecule has 0 aliphatic heterocycles. The molecule has 0 radical (unpaired) electrons. The standard InChI is InChI=1S/C15H13BrFN3O2/c16-10-3-8-11(18-6-12-13(8)20-14(22)19-12)4-9(10)15(17)2-1-7(21)5-15/h3-4,6-7,21H,1-2,5H2,(H2,19,20,22)/t7-,15-/m0/s1. The van der Waals surface area contributed by atoms with Crippen LogP contribution in [0.25, 0.3) is 21.9 Å². The minimum atomic E-state index is -1.55. The molecular weight excluding hydrogens is 353 g/mol. The molecule has 1 aliphatic rings. The second-order valence-corrected chi connectivity index (χ2v) is 6.69. The lowest BCUT2D eigenvalue weighted by atomic mass is 9.93. The van der Waals surface area contributed by atoms with Gasteiger partial charge in [0.2, 0.25) is 0 Å². The van der Waals surface area contributed by atoms with Gasteiger partial charge in [-0.25, -0.2) is 9.18 Å². The number of aliphatic hydroxyl groups is 1. The van der Waals surface area contributed by atoms with Crippen molar-refractivity contribution in [3.63, 3.8) is 0 Å². The van der Waals surface area contributed by atoms with Gasteiger partial charge in [-0.15, -0.1) is 0 Å². The highest BCUT2D eigenvalue weighted by Gasteiger charge is 2.41. The average molecular weight is 366 g/mol. The number of halogens is 2. The lowest BCUT2D eigenvalue weighted by Gasteiger charge is -2.21. The maximum atomic E-state index is 15.1. The monoisotopic (exact) mass is 365 g/mol. The Balaban J connectivity index is 1.97. The number of benzene rings is 1. The Labute approximate surface area is 132 Å². The fourth-order valence-electron chi connectivity index (χ4n) is 3.27. The maximum Gasteiger partial charge on any atom is 0.323 e. The molecule has 1 fully saturated rings. The third-order valence-corrected chi connectivity index (χ3v) is 5.02. The van der Waals surface area contributed by atoms with Gasteiger partial charge >= 0.3 is 5.69 Å². The molecule has 4 rings (SSSR count). The van der Waals surface area contributed by atoms with Crippen LogP contribution in [0.5, 0.6) is 0 Å². The number of nitrogens with one attached hydrogen (secondary N) is 2. The van der Waals surface area contributed by atoms with Crippen molar-refractivity contribution in [3.05, 3.63) is 38.9 Å². The quantitative estimate of drug-likeness (QED) is 0.620. The van der Waals surface area contributed by atoms with Gasteiger partial charge in [0, 0.05) is 21.8 Å². The molecule has 0 bridgehead atoms. The summed E-state index contributed by atoms with van der Waals surface area (Å²) < 4.78 is 15.7. The Bertz CT molecular complexity index is 951. The predicted molar refractivity (Wildman–Crippen MR) is 84.6 cm³/mol. The van der Waals surface area contributed by atoms with Gasteiger partial charge in [-0.05, 0) is 25.0 Å². The molecule has 1 aromatic carbocycles. The van der Waals surface area contributed by atoms with Crippen LogP contribution in [-0.4, -0.2) is 26.2 Å². The van der Waals surface area contributed by atoms with E-state index in [4.69, 9.17) is 0 Å². The van der Waals surface area contributed by atoms with E-state index < -0.39 is 11.8 Å². The first-order valence-electron chi connectivity index (χ1n) is 7.04. The van der Waals surface area contributed by atoms with Crippen LogP contribution >= 0.6 is 15.9 Å². The second kappa shape index (κ2) is 4.63. The largest absolute Gasteiger partial charge is 0.393 e. The van der Waals surface area contributed by atoms with Crippen LogP contribution in [0.3, 0.4) is 0 Å². The lowest BCUT2D eigenvalue weighted by Crippen LogP contribution is -2.17. The van der Waals surface area contributed by atoms with Crippen molar-refractivity contribution in [1.82, 2.24) is 15.0 Å². The second-order valence-electron chi connectivity index (χ2n) is 5.84. The number of aromatic nitrogens is 3. The van der Waals surface area contributed by atoms with E-state index in [0.29, 0.717) is 39.4 Å². The SMILES string of the molecule is O=c1[nH]c2cnc3cc([C@]4(F)CC[C@H](O)C4)c(Br)cc3c2[nH]1. The fourth-order valence-corrected chi connectivity index (χ4v) is 3.97. The zero-order chi connectivity index (χ0) is 15.5. The first-order valence-corrected chi connectivity index (χ1v) is 7.83. The normalized spacial score (nSPS) is 25.3. The fraction of sp³-hybridized carbons (Fsp3) is 0.333. The molecule has 2 heterocycles. The summed E-state index contributed by atoms with van der Waals surface area (Å²) in [5, 5.41) is 10.4. The third kappa shape index (κ3) is 1.99. The summed E-state index contributed by atoms with van der Waals surface area (Å²) in [5.74, 6) is 0. The number of fused-ring (bicyclic) bond motifs is 3. The number of rotatable bonds is 1. The van der Waals surface area contributed by atoms with Crippen LogP contribution < -0.4 is 5.69 Å². The summed E-state index contributed by atoms with van der Waals surface area (Å²) in [6, 6.07) is 3.47. The van der Waals surface area contributed by atoms with E-state index in [9.17, 15) is 9.90 Å². The molecule has 5 nitrogen and oxygen atoms in total. The molecule has 3 N–H and O–H groups in total. The van der Waals surface area contributed by atoms with Gasteiger partial charge in [0.05, 0.1) is 28.9 Å². The van der Waals surface area contributed by atoms with Crippen molar-refractivity contribution in [1.29, 1.82) is 0 Å². The summed E-state index contributed by atoms with van der Waals surface area (Å²) in [7, 11) is 0. The molecule has 0 unspecified atom stereocenters. The first-order chi connectivity index (χ1) is 10.5. The number of nitrogens with zero attached hydrogens (tertiary/aromatic N) is 1. The van der Waals surface area contributed by atoms with Crippen molar-refractivity contribution in [2.24, 2.45) is 0 Å². The van der Waals surface area contributed by atoms with Crippen molar-refractivity contribution < 1.29 is 9.50 Å². The minimum Gasteiger partial charge on any atom is -0.393 e. The number of imidazole rings is 1. The van der Waals surface area contributed by atoms with Crippen LogP contribution in [0.15, 0.2) is 27.6 Å². The Hall–Kier alpha value is -1.73. The molecule has 0 spiro atoms. The number of alkyl halides is 1. The van der Waals surface area contributed by atoms with E-state index in [0.717, 1.165) is 5.39 Å². The molecule has 2 aromatic heterocycles. The predicted octanol–water partition coefficient (Wildman–Crippen LogP) is 2.88. The number of pyridine rings is 1. The van der Waals surface area contributed by atoms with Gasteiger partial charge in [0.15, 0.2) is 0 Å². The highest BCUT2D eigenvalue weighted by Crippen LogP contribution is 2.46. The van der Waals surface area contributed by atoms with E-state index in [-0.39, 0.29) is 12.1 Å². The Kier molecular flexibility index (Phi) is 2.93. The average Bonchev–Trinajstić information content (AvgIpc) is 3.01. The van der Waals surface area contributed by atoms with Gasteiger partial charge in [-0.3, -0.25) is 4.98 Å². The summed E-state index contributed by atoms with van der Waals surface area (Å²) in [6.45, 7) is 0. The molecule has 0 saturated heterocycles. The van der Waals surface area contributed by atoms with Crippen molar-refractivity contribution in [2.45, 2.75) is 31.0 Å². The topological polar surface area (TPSA) is 81.8 Å². The summed E-state index contributed by atoms with van der Waals surface area (Å²) in [5.41, 5.74) is 0.533. The third-order valence-electron chi connectivity index (χ3n) is 4.36. The van der Waals surface area contributed by atoms with Gasteiger partial charge in [-0.1, -0.05) is 15.9 Å². The highest BCUT2D eigenvalue weighted by molar-refractivity contribution is 9.10. The van der Waals surface area contributed by atoms with Crippen molar-refractivity contribution >= 4 is 37.9 Å². The summed E-state index contributed by atoms with van der Waals surface area (Å²) in [4.78, 5) is 21.1. The van der Waals surface area contributed by atoms with E-state index >= 15 is 4.39 Å². The highest BCUT2D eigenvalue weighted by atomic mass is 79.9. The molecule has 114 valence electrons. The zero-order valence-electron chi connectivity index (χ0n) is 11.5. The number of H-pyrrole nitrogens is 2. The molecule has 22 heavy (non-hydrogen) atoms. The van der Waals surface area contributed by atoms with Crippen molar-refractivity contribution in [2.75, 3.05) is 0 Å². The van der Waals surface area contributed by atoms with E-state index in [1.54, 1.807) is 18.3 Å². The van der Waals surface area contributed by atoms with Crippen LogP contribution in [-0.2, 0) is 5.67 Å². The minimum absolute atomic E-state index is 0.0976. The van der Waals surface area contributed by atoms with Gasteiger partial charge in [0.25, 0.3) is 0 Å². The molecule has 1 aliphatic carbocycles. The van der Waals surface area contributed by atoms with E-state index in [1.165, 1.54) is 0 Å². The number of aliphatic hydroxyl groups excluding tert-OH is 1. The van der Waals surface area contributed by atoms with Gasteiger partial charge in [-0.2, -0.15) is 0 Å². The molecular formula is C15H13BrFN3O2. The molecule has 3 aromatic rings. The molecule has 2 atom stereocenters. The molecule has 1 saturated carbocycles. The Morgan fingerprint density at radius 3 is 2.95 bits per heavy atom. The molecule has 0 amide bonds. The molecule has 7 heteroatoms. The van der Waals surface area contributed by atoms with Gasteiger partial charge in [0.1, 0.15) is 5.67 Å². The van der Waals surface area contributed by atoms with Crippen LogP contribution in [0, 0.1) is 0 Å². The smallest absolute Gasteiger partial charge is 0.323 e. The van der Waals surface area contributed by atoms with Crippen LogP contribution in [0.4, 0.5) is 4.39 Å². The maximum absolute atomic E-state index is 15.1. The number of hydrogen-bond acceptors (Lipinski definition) is 3. The first kappa shape index (κ1) is 13.9. The van der Waals surface area contributed by atoms with E-state index in [2.05, 4.69) is 30.9 Å². The van der Waals surface area contributed by atoms with Crippen LogP contribution in [0.1, 0.15) is 24.8 Å². The van der Waals surface area contributed by atoms with Crippen molar-refractivity contribution in [3.8, 4) is 0 Å². The Morgan fingerprint density at radius 2 is 2.23 bits per heavy atom. The number of hydrogen-bond donors (Lipinski definition) is 3. The summed E-state index contributed by atoms with van der Waals surface area (Å²) in [6.07, 6.45) is 1.80.